The highest BCUT2D eigenvalue weighted by atomic mass is 79.9. The Labute approximate surface area is 132 Å². The molecule has 21 heavy (non-hydrogen) atoms. The van der Waals surface area contributed by atoms with Crippen LogP contribution in [0.25, 0.3) is 0 Å². The summed E-state index contributed by atoms with van der Waals surface area (Å²) in [5.41, 5.74) is 8.68. The molecule has 0 spiro atoms. The molecule has 2 nitrogen and oxygen atoms in total. The molecule has 0 aromatic heterocycles. The molecule has 0 saturated carbocycles. The molecule has 0 fully saturated rings. The zero-order valence-electron chi connectivity index (χ0n) is 12.0. The van der Waals surface area contributed by atoms with E-state index >= 15 is 0 Å². The highest BCUT2D eigenvalue weighted by molar-refractivity contribution is 9.10. The Bertz CT molecular complexity index is 697. The predicted molar refractivity (Wildman–Crippen MR) is 87.1 cm³/mol. The first-order valence-corrected chi connectivity index (χ1v) is 7.68. The number of hydrogen-bond acceptors (Lipinski definition) is 2. The standard InChI is InChI=1S/C17H17BrFNO/c1-3-10-5-6-11(4-2)12(7-10)17(21)13-8-16(20)15(19)9-14(13)18/h5-9H,3-4,20H2,1-2H3. The lowest BCUT2D eigenvalue weighted by Gasteiger charge is -2.11. The zero-order chi connectivity index (χ0) is 15.6. The van der Waals surface area contributed by atoms with Gasteiger partial charge >= 0.3 is 0 Å². The largest absolute Gasteiger partial charge is 0.396 e. The van der Waals surface area contributed by atoms with Gasteiger partial charge in [-0.3, -0.25) is 4.79 Å². The summed E-state index contributed by atoms with van der Waals surface area (Å²) < 4.78 is 13.8. The highest BCUT2D eigenvalue weighted by Crippen LogP contribution is 2.27. The highest BCUT2D eigenvalue weighted by Gasteiger charge is 2.18. The van der Waals surface area contributed by atoms with Crippen LogP contribution >= 0.6 is 15.9 Å². The molecule has 0 aliphatic carbocycles. The number of halogens is 2. The lowest BCUT2D eigenvalue weighted by atomic mass is 9.94. The monoisotopic (exact) mass is 349 g/mol. The van der Waals surface area contributed by atoms with Crippen molar-refractivity contribution in [1.82, 2.24) is 0 Å². The molecule has 2 aromatic rings. The fourth-order valence-corrected chi connectivity index (χ4v) is 2.74. The maximum Gasteiger partial charge on any atom is 0.194 e. The van der Waals surface area contributed by atoms with Crippen LogP contribution in [0.15, 0.2) is 34.8 Å². The maximum absolute atomic E-state index is 13.4. The number of benzene rings is 2. The Morgan fingerprint density at radius 1 is 1.14 bits per heavy atom. The second kappa shape index (κ2) is 6.39. The van der Waals surface area contributed by atoms with E-state index in [2.05, 4.69) is 15.9 Å². The van der Waals surface area contributed by atoms with Crippen molar-refractivity contribution < 1.29 is 9.18 Å². The fourth-order valence-electron chi connectivity index (χ4n) is 2.25. The third-order valence-corrected chi connectivity index (χ3v) is 4.20. The smallest absolute Gasteiger partial charge is 0.194 e. The molecule has 0 amide bonds. The molecule has 2 rings (SSSR count). The lowest BCUT2D eigenvalue weighted by molar-refractivity contribution is 0.103. The van der Waals surface area contributed by atoms with Crippen molar-refractivity contribution in [3.05, 3.63) is 62.9 Å². The second-order valence-corrected chi connectivity index (χ2v) is 5.74. The molecule has 2 aromatic carbocycles. The maximum atomic E-state index is 13.4. The number of aryl methyl sites for hydroxylation is 2. The molecular weight excluding hydrogens is 333 g/mol. The van der Waals surface area contributed by atoms with Crippen molar-refractivity contribution in [3.8, 4) is 0 Å². The number of hydrogen-bond donors (Lipinski definition) is 1. The van der Waals surface area contributed by atoms with Gasteiger partial charge in [-0.2, -0.15) is 0 Å². The van der Waals surface area contributed by atoms with E-state index in [-0.39, 0.29) is 11.5 Å². The van der Waals surface area contributed by atoms with E-state index < -0.39 is 5.82 Å². The Morgan fingerprint density at radius 3 is 2.48 bits per heavy atom. The van der Waals surface area contributed by atoms with Gasteiger partial charge in [0.2, 0.25) is 0 Å². The summed E-state index contributed by atoms with van der Waals surface area (Å²) in [5.74, 6) is -0.669. The number of anilines is 1. The van der Waals surface area contributed by atoms with Crippen molar-refractivity contribution in [2.24, 2.45) is 0 Å². The van der Waals surface area contributed by atoms with Crippen LogP contribution in [0.4, 0.5) is 10.1 Å². The van der Waals surface area contributed by atoms with Crippen molar-refractivity contribution in [1.29, 1.82) is 0 Å². The van der Waals surface area contributed by atoms with Gasteiger partial charge in [0.15, 0.2) is 5.78 Å². The quantitative estimate of drug-likeness (QED) is 0.651. The molecule has 0 unspecified atom stereocenters. The number of nitrogens with two attached hydrogens (primary N) is 1. The van der Waals surface area contributed by atoms with Gasteiger partial charge < -0.3 is 5.73 Å². The van der Waals surface area contributed by atoms with Gasteiger partial charge in [-0.05, 0) is 58.1 Å². The van der Waals surface area contributed by atoms with Crippen LogP contribution in [0.1, 0.15) is 40.9 Å². The molecule has 0 atom stereocenters. The van der Waals surface area contributed by atoms with Gasteiger partial charge in [-0.1, -0.05) is 26.0 Å². The minimum atomic E-state index is -0.531. The first-order chi connectivity index (χ1) is 9.97. The van der Waals surface area contributed by atoms with E-state index in [1.165, 1.54) is 12.1 Å². The van der Waals surface area contributed by atoms with Gasteiger partial charge in [0, 0.05) is 15.6 Å². The molecular formula is C17H17BrFNO. The number of carbonyl (C=O) groups is 1. The summed E-state index contributed by atoms with van der Waals surface area (Å²) in [6.07, 6.45) is 1.62. The number of ketones is 1. The molecule has 0 saturated heterocycles. The first-order valence-electron chi connectivity index (χ1n) is 6.88. The SMILES string of the molecule is CCc1ccc(CC)c(C(=O)c2cc(N)c(F)cc2Br)c1. The van der Waals surface area contributed by atoms with Crippen molar-refractivity contribution in [2.45, 2.75) is 26.7 Å². The van der Waals surface area contributed by atoms with Crippen LogP contribution in [-0.4, -0.2) is 5.78 Å². The lowest BCUT2D eigenvalue weighted by Crippen LogP contribution is -2.08. The molecule has 0 radical (unpaired) electrons. The summed E-state index contributed by atoms with van der Waals surface area (Å²) in [7, 11) is 0. The van der Waals surface area contributed by atoms with Gasteiger partial charge in [0.05, 0.1) is 5.69 Å². The van der Waals surface area contributed by atoms with Gasteiger partial charge in [0.25, 0.3) is 0 Å². The summed E-state index contributed by atoms with van der Waals surface area (Å²) in [6.45, 7) is 4.05. The normalized spacial score (nSPS) is 10.7. The van der Waals surface area contributed by atoms with Crippen molar-refractivity contribution in [3.63, 3.8) is 0 Å². The topological polar surface area (TPSA) is 43.1 Å². The summed E-state index contributed by atoms with van der Waals surface area (Å²) >= 11 is 3.24. The third kappa shape index (κ3) is 3.16. The van der Waals surface area contributed by atoms with Crippen LogP contribution in [0.2, 0.25) is 0 Å². The van der Waals surface area contributed by atoms with Gasteiger partial charge in [0.1, 0.15) is 5.82 Å². The van der Waals surface area contributed by atoms with E-state index in [0.29, 0.717) is 15.6 Å². The molecule has 0 aliphatic rings. The third-order valence-electron chi connectivity index (χ3n) is 3.54. The van der Waals surface area contributed by atoms with Crippen LogP contribution < -0.4 is 5.73 Å². The van der Waals surface area contributed by atoms with Gasteiger partial charge in [-0.25, -0.2) is 4.39 Å². The van der Waals surface area contributed by atoms with E-state index in [1.807, 2.05) is 32.0 Å². The molecule has 0 aliphatic heterocycles. The summed E-state index contributed by atoms with van der Waals surface area (Å²) in [6, 6.07) is 8.54. The van der Waals surface area contributed by atoms with E-state index in [0.717, 1.165) is 24.0 Å². The summed E-state index contributed by atoms with van der Waals surface area (Å²) in [4.78, 5) is 12.8. The molecule has 0 heterocycles. The summed E-state index contributed by atoms with van der Waals surface area (Å²) in [5, 5.41) is 0. The fraction of sp³-hybridized carbons (Fsp3) is 0.235. The molecule has 0 bridgehead atoms. The number of carbonyl (C=O) groups excluding carboxylic acids is 1. The van der Waals surface area contributed by atoms with E-state index in [1.54, 1.807) is 0 Å². The molecule has 4 heteroatoms. The van der Waals surface area contributed by atoms with E-state index in [9.17, 15) is 9.18 Å². The first kappa shape index (κ1) is 15.7. The Morgan fingerprint density at radius 2 is 1.86 bits per heavy atom. The molecule has 110 valence electrons. The van der Waals surface area contributed by atoms with Gasteiger partial charge in [-0.15, -0.1) is 0 Å². The second-order valence-electron chi connectivity index (χ2n) is 4.88. The van der Waals surface area contributed by atoms with Crippen molar-refractivity contribution >= 4 is 27.4 Å². The van der Waals surface area contributed by atoms with Crippen LogP contribution in [0.5, 0.6) is 0 Å². The Balaban J connectivity index is 2.56. The van der Waals surface area contributed by atoms with Crippen LogP contribution in [0, 0.1) is 5.82 Å². The Kier molecular flexibility index (Phi) is 4.78. The number of rotatable bonds is 4. The average molecular weight is 350 g/mol. The minimum absolute atomic E-state index is 0.0220. The van der Waals surface area contributed by atoms with Crippen LogP contribution in [-0.2, 0) is 12.8 Å². The number of nitrogen functional groups attached to an aromatic ring is 1. The predicted octanol–water partition coefficient (Wildman–Crippen LogP) is 4.53. The van der Waals surface area contributed by atoms with Crippen molar-refractivity contribution in [2.75, 3.05) is 5.73 Å². The Hall–Kier alpha value is -1.68. The average Bonchev–Trinajstić information content (AvgIpc) is 2.49. The zero-order valence-corrected chi connectivity index (χ0v) is 13.6. The van der Waals surface area contributed by atoms with Crippen LogP contribution in [0.3, 0.4) is 0 Å². The molecule has 2 N–H and O–H groups in total. The minimum Gasteiger partial charge on any atom is -0.396 e. The van der Waals surface area contributed by atoms with E-state index in [4.69, 9.17) is 5.73 Å².